The van der Waals surface area contributed by atoms with E-state index in [-0.39, 0.29) is 18.2 Å². The van der Waals surface area contributed by atoms with Crippen LogP contribution in [-0.2, 0) is 9.47 Å². The predicted octanol–water partition coefficient (Wildman–Crippen LogP) is 0.265. The van der Waals surface area contributed by atoms with E-state index in [9.17, 15) is 4.79 Å². The van der Waals surface area contributed by atoms with Crippen LogP contribution < -0.4 is 5.73 Å². The molecule has 2 aliphatic heterocycles. The quantitative estimate of drug-likeness (QED) is 0.741. The normalized spacial score (nSPS) is 29.6. The molecular weight excluding hydrogens is 246 g/mol. The van der Waals surface area contributed by atoms with Gasteiger partial charge in [0.25, 0.3) is 0 Å². The fourth-order valence-corrected chi connectivity index (χ4v) is 2.58. The Morgan fingerprint density at radius 3 is 2.47 bits per heavy atom. The van der Waals surface area contributed by atoms with Gasteiger partial charge in [-0.05, 0) is 20.8 Å². The van der Waals surface area contributed by atoms with Crippen LogP contribution in [0.1, 0.15) is 20.8 Å². The Kier molecular flexibility index (Phi) is 4.32. The van der Waals surface area contributed by atoms with Crippen LogP contribution in [0.25, 0.3) is 0 Å². The third-order valence-corrected chi connectivity index (χ3v) is 3.50. The Balaban J connectivity index is 1.91. The van der Waals surface area contributed by atoms with E-state index in [1.54, 1.807) is 4.90 Å². The van der Waals surface area contributed by atoms with E-state index in [0.717, 1.165) is 26.3 Å². The summed E-state index contributed by atoms with van der Waals surface area (Å²) in [5.41, 5.74) is 5.71. The third-order valence-electron chi connectivity index (χ3n) is 3.50. The molecule has 6 nitrogen and oxygen atoms in total. The minimum Gasteiger partial charge on any atom is -0.444 e. The summed E-state index contributed by atoms with van der Waals surface area (Å²) in [7, 11) is 0. The molecule has 110 valence electrons. The summed E-state index contributed by atoms with van der Waals surface area (Å²) in [6.07, 6.45) is -0.265. The number of nitrogens with two attached hydrogens (primary N) is 1. The molecule has 0 spiro atoms. The first-order chi connectivity index (χ1) is 8.87. The summed E-state index contributed by atoms with van der Waals surface area (Å²) in [6, 6.07) is 0.210. The van der Waals surface area contributed by atoms with Crippen LogP contribution in [0.3, 0.4) is 0 Å². The largest absolute Gasteiger partial charge is 0.444 e. The van der Waals surface area contributed by atoms with Crippen molar-refractivity contribution in [3.05, 3.63) is 0 Å². The van der Waals surface area contributed by atoms with Crippen LogP contribution in [0.4, 0.5) is 4.79 Å². The van der Waals surface area contributed by atoms with Crippen LogP contribution in [0.5, 0.6) is 0 Å². The first-order valence-corrected chi connectivity index (χ1v) is 6.92. The number of ether oxygens (including phenoxy) is 2. The minimum absolute atomic E-state index is 0.00869. The molecule has 6 heteroatoms. The van der Waals surface area contributed by atoms with Gasteiger partial charge in [-0.1, -0.05) is 0 Å². The van der Waals surface area contributed by atoms with Crippen molar-refractivity contribution in [2.45, 2.75) is 38.5 Å². The van der Waals surface area contributed by atoms with Gasteiger partial charge in [0, 0.05) is 38.3 Å². The second-order valence-corrected chi connectivity index (χ2v) is 6.26. The molecule has 0 unspecified atom stereocenters. The molecule has 2 aliphatic rings. The minimum atomic E-state index is -0.460. The lowest BCUT2D eigenvalue weighted by atomic mass is 10.1. The molecule has 0 aliphatic carbocycles. The molecule has 0 aromatic heterocycles. The van der Waals surface area contributed by atoms with E-state index in [0.29, 0.717) is 13.1 Å². The Labute approximate surface area is 114 Å². The van der Waals surface area contributed by atoms with Gasteiger partial charge in [0.1, 0.15) is 5.60 Å². The van der Waals surface area contributed by atoms with Crippen LogP contribution in [-0.4, -0.2) is 73.0 Å². The zero-order chi connectivity index (χ0) is 14.0. The number of nitrogens with zero attached hydrogens (tertiary/aromatic N) is 2. The van der Waals surface area contributed by atoms with Gasteiger partial charge in [-0.3, -0.25) is 4.90 Å². The molecule has 19 heavy (non-hydrogen) atoms. The lowest BCUT2D eigenvalue weighted by Crippen LogP contribution is -2.51. The summed E-state index contributed by atoms with van der Waals surface area (Å²) >= 11 is 0. The Morgan fingerprint density at radius 1 is 1.26 bits per heavy atom. The average Bonchev–Trinajstić information content (AvgIpc) is 2.70. The molecule has 2 heterocycles. The molecule has 2 N–H and O–H groups in total. The molecule has 2 atom stereocenters. The van der Waals surface area contributed by atoms with Crippen molar-refractivity contribution in [2.24, 2.45) is 5.73 Å². The number of hydrogen-bond acceptors (Lipinski definition) is 5. The van der Waals surface area contributed by atoms with Gasteiger partial charge < -0.3 is 20.1 Å². The van der Waals surface area contributed by atoms with Crippen molar-refractivity contribution in [3.8, 4) is 0 Å². The molecular formula is C13H25N3O3. The number of carbonyl (C=O) groups excluding carboxylic acids is 1. The maximum Gasteiger partial charge on any atom is 0.410 e. The van der Waals surface area contributed by atoms with Gasteiger partial charge in [0.05, 0.1) is 13.2 Å². The van der Waals surface area contributed by atoms with Crippen molar-refractivity contribution >= 4 is 6.09 Å². The van der Waals surface area contributed by atoms with E-state index in [4.69, 9.17) is 15.2 Å². The first kappa shape index (κ1) is 14.6. The fraction of sp³-hybridized carbons (Fsp3) is 0.923. The van der Waals surface area contributed by atoms with E-state index in [2.05, 4.69) is 4.90 Å². The number of hydrogen-bond donors (Lipinski definition) is 1. The molecule has 0 bridgehead atoms. The average molecular weight is 271 g/mol. The van der Waals surface area contributed by atoms with Crippen molar-refractivity contribution in [1.29, 1.82) is 0 Å². The lowest BCUT2D eigenvalue weighted by molar-refractivity contribution is 0.0117. The van der Waals surface area contributed by atoms with Gasteiger partial charge >= 0.3 is 6.09 Å². The van der Waals surface area contributed by atoms with E-state index in [1.807, 2.05) is 20.8 Å². The smallest absolute Gasteiger partial charge is 0.410 e. The number of rotatable bonds is 1. The monoisotopic (exact) mass is 271 g/mol. The summed E-state index contributed by atoms with van der Waals surface area (Å²) in [6.45, 7) is 10.1. The highest BCUT2D eigenvalue weighted by atomic mass is 16.6. The van der Waals surface area contributed by atoms with E-state index < -0.39 is 5.60 Å². The zero-order valence-corrected chi connectivity index (χ0v) is 12.1. The molecule has 2 rings (SSSR count). The van der Waals surface area contributed by atoms with Crippen LogP contribution >= 0.6 is 0 Å². The van der Waals surface area contributed by atoms with Gasteiger partial charge in [0.15, 0.2) is 0 Å². The topological polar surface area (TPSA) is 68.0 Å². The lowest BCUT2D eigenvalue weighted by Gasteiger charge is -2.33. The highest BCUT2D eigenvalue weighted by Gasteiger charge is 2.38. The van der Waals surface area contributed by atoms with E-state index in [1.165, 1.54) is 0 Å². The Hall–Kier alpha value is -0.850. The number of likely N-dealkylation sites (tertiary alicyclic amines) is 1. The highest BCUT2D eigenvalue weighted by Crippen LogP contribution is 2.19. The predicted molar refractivity (Wildman–Crippen MR) is 72.0 cm³/mol. The third kappa shape index (κ3) is 3.81. The Morgan fingerprint density at radius 2 is 1.89 bits per heavy atom. The Bertz CT molecular complexity index is 324. The number of carbonyl (C=O) groups is 1. The summed E-state index contributed by atoms with van der Waals surface area (Å²) in [5.74, 6) is 0. The van der Waals surface area contributed by atoms with Crippen molar-refractivity contribution in [3.63, 3.8) is 0 Å². The molecule has 0 aromatic carbocycles. The van der Waals surface area contributed by atoms with Crippen LogP contribution in [0.2, 0.25) is 0 Å². The summed E-state index contributed by atoms with van der Waals surface area (Å²) < 4.78 is 10.7. The standard InChI is InChI=1S/C13H25N3O3/c1-13(2,3)19-12(17)16-8-10(14)11(9-16)15-4-6-18-7-5-15/h10-11H,4-9,14H2,1-3H3/t10-,11-/m0/s1. The SMILES string of the molecule is CC(C)(C)OC(=O)N1C[C@H](N)[C@@H](N2CCOCC2)C1. The van der Waals surface area contributed by atoms with Crippen LogP contribution in [0.15, 0.2) is 0 Å². The van der Waals surface area contributed by atoms with Crippen molar-refractivity contribution < 1.29 is 14.3 Å². The molecule has 2 saturated heterocycles. The van der Waals surface area contributed by atoms with Gasteiger partial charge in [-0.15, -0.1) is 0 Å². The summed E-state index contributed by atoms with van der Waals surface area (Å²) in [4.78, 5) is 16.1. The highest BCUT2D eigenvalue weighted by molar-refractivity contribution is 5.68. The maximum atomic E-state index is 12.0. The number of amides is 1. The van der Waals surface area contributed by atoms with E-state index >= 15 is 0 Å². The summed E-state index contributed by atoms with van der Waals surface area (Å²) in [5, 5.41) is 0. The van der Waals surface area contributed by atoms with Crippen molar-refractivity contribution in [2.75, 3.05) is 39.4 Å². The second-order valence-electron chi connectivity index (χ2n) is 6.26. The second kappa shape index (κ2) is 5.64. The molecule has 2 fully saturated rings. The zero-order valence-electron chi connectivity index (χ0n) is 12.1. The molecule has 0 aromatic rings. The van der Waals surface area contributed by atoms with Gasteiger partial charge in [-0.25, -0.2) is 4.79 Å². The first-order valence-electron chi connectivity index (χ1n) is 6.92. The van der Waals surface area contributed by atoms with Crippen molar-refractivity contribution in [1.82, 2.24) is 9.80 Å². The molecule has 0 radical (unpaired) electrons. The van der Waals surface area contributed by atoms with Gasteiger partial charge in [-0.2, -0.15) is 0 Å². The van der Waals surface area contributed by atoms with Crippen LogP contribution in [0, 0.1) is 0 Å². The van der Waals surface area contributed by atoms with Gasteiger partial charge in [0.2, 0.25) is 0 Å². The maximum absolute atomic E-state index is 12.0. The molecule has 0 saturated carbocycles. The molecule has 1 amide bonds. The fourth-order valence-electron chi connectivity index (χ4n) is 2.58. The number of morpholine rings is 1.